The minimum absolute atomic E-state index is 0.0840. The summed E-state index contributed by atoms with van der Waals surface area (Å²) < 4.78 is 0. The van der Waals surface area contributed by atoms with Crippen LogP contribution in [0.1, 0.15) is 24.3 Å². The molecule has 3 aromatic rings. The van der Waals surface area contributed by atoms with Gasteiger partial charge in [0.15, 0.2) is 0 Å². The molecule has 1 saturated heterocycles. The number of hydrogen-bond acceptors (Lipinski definition) is 3. The van der Waals surface area contributed by atoms with Crippen molar-refractivity contribution in [2.45, 2.75) is 18.8 Å². The number of hydrogen-bond donors (Lipinski definition) is 1. The third-order valence-corrected chi connectivity index (χ3v) is 4.99. The van der Waals surface area contributed by atoms with Gasteiger partial charge in [0.25, 0.3) is 0 Å². The quantitative estimate of drug-likeness (QED) is 0.796. The van der Waals surface area contributed by atoms with Crippen molar-refractivity contribution in [1.29, 1.82) is 0 Å². The van der Waals surface area contributed by atoms with Gasteiger partial charge in [-0.1, -0.05) is 12.1 Å². The van der Waals surface area contributed by atoms with E-state index in [9.17, 15) is 4.79 Å². The summed E-state index contributed by atoms with van der Waals surface area (Å²) in [5.74, 6) is 1.42. The van der Waals surface area contributed by atoms with Crippen LogP contribution in [0.2, 0.25) is 0 Å². The second kappa shape index (κ2) is 5.55. The number of carbonyl (C=O) groups excluding carboxylic acids is 1. The molecule has 1 aliphatic carbocycles. The first kappa shape index (κ1) is 14.4. The van der Waals surface area contributed by atoms with E-state index in [1.54, 1.807) is 11.1 Å². The van der Waals surface area contributed by atoms with Crippen LogP contribution in [0, 0.1) is 0 Å². The van der Waals surface area contributed by atoms with Gasteiger partial charge in [0.05, 0.1) is 5.69 Å². The fourth-order valence-electron chi connectivity index (χ4n) is 3.48. The molecule has 124 valence electrons. The molecule has 2 fully saturated rings. The highest BCUT2D eigenvalue weighted by atomic mass is 16.2. The van der Waals surface area contributed by atoms with Gasteiger partial charge < -0.3 is 5.32 Å². The molecule has 2 aromatic heterocycles. The molecule has 3 heterocycles. The minimum atomic E-state index is -0.0840. The summed E-state index contributed by atoms with van der Waals surface area (Å²) in [6.07, 6.45) is 6.21. The van der Waals surface area contributed by atoms with Crippen LogP contribution in [0.4, 0.5) is 10.6 Å². The average molecular weight is 330 g/mol. The number of urea groups is 1. The van der Waals surface area contributed by atoms with Crippen LogP contribution in [0.25, 0.3) is 22.0 Å². The highest BCUT2D eigenvalue weighted by Crippen LogP contribution is 2.41. The third-order valence-electron chi connectivity index (χ3n) is 4.99. The molecule has 5 heteroatoms. The van der Waals surface area contributed by atoms with Gasteiger partial charge >= 0.3 is 6.03 Å². The molecular weight excluding hydrogens is 312 g/mol. The van der Waals surface area contributed by atoms with Crippen LogP contribution in [-0.2, 0) is 0 Å². The maximum absolute atomic E-state index is 12.1. The van der Waals surface area contributed by atoms with E-state index in [0.29, 0.717) is 24.8 Å². The number of benzene rings is 1. The lowest BCUT2D eigenvalue weighted by molar-refractivity contribution is 0.252. The lowest BCUT2D eigenvalue weighted by Gasteiger charge is -2.16. The van der Waals surface area contributed by atoms with Gasteiger partial charge in [0.2, 0.25) is 0 Å². The van der Waals surface area contributed by atoms with Crippen LogP contribution in [0.3, 0.4) is 0 Å². The zero-order chi connectivity index (χ0) is 16.8. The standard InChI is InChI=1S/C20H18N4O/c25-20-23-9-10-24(20)19-17-11-16(4-3-14(17)5-8-22-19)18-12-15(6-7-21-18)13-1-2-13/h3-8,11-13H,1-2,9-10H2,(H,23,25). The second-order valence-corrected chi connectivity index (χ2v) is 6.70. The zero-order valence-corrected chi connectivity index (χ0v) is 13.8. The van der Waals surface area contributed by atoms with Crippen molar-refractivity contribution in [2.24, 2.45) is 0 Å². The van der Waals surface area contributed by atoms with Gasteiger partial charge in [0, 0.05) is 36.4 Å². The van der Waals surface area contributed by atoms with Gasteiger partial charge in [-0.3, -0.25) is 9.88 Å². The number of nitrogens with zero attached hydrogens (tertiary/aromatic N) is 3. The Labute approximate surface area is 145 Å². The molecule has 1 aromatic carbocycles. The van der Waals surface area contributed by atoms with Gasteiger partial charge in [0.1, 0.15) is 5.82 Å². The van der Waals surface area contributed by atoms with Gasteiger partial charge in [-0.2, -0.15) is 0 Å². The Hall–Kier alpha value is -2.95. The Kier molecular flexibility index (Phi) is 3.20. The fourth-order valence-corrected chi connectivity index (χ4v) is 3.48. The summed E-state index contributed by atoms with van der Waals surface area (Å²) in [5, 5.41) is 4.90. The number of pyridine rings is 2. The van der Waals surface area contributed by atoms with Crippen LogP contribution in [0.15, 0.2) is 48.8 Å². The monoisotopic (exact) mass is 330 g/mol. The summed E-state index contributed by atoms with van der Waals surface area (Å²) in [7, 11) is 0. The lowest BCUT2D eigenvalue weighted by atomic mass is 10.0. The second-order valence-electron chi connectivity index (χ2n) is 6.70. The van der Waals surface area contributed by atoms with E-state index >= 15 is 0 Å². The van der Waals surface area contributed by atoms with E-state index in [2.05, 4.69) is 45.6 Å². The number of fused-ring (bicyclic) bond motifs is 1. The lowest BCUT2D eigenvalue weighted by Crippen LogP contribution is -2.28. The van der Waals surface area contributed by atoms with Crippen LogP contribution in [0.5, 0.6) is 0 Å². The number of amides is 2. The molecule has 0 radical (unpaired) electrons. The van der Waals surface area contributed by atoms with Crippen molar-refractivity contribution in [1.82, 2.24) is 15.3 Å². The Morgan fingerprint density at radius 1 is 1.04 bits per heavy atom. The number of aromatic nitrogens is 2. The molecule has 0 spiro atoms. The van der Waals surface area contributed by atoms with Crippen molar-refractivity contribution in [3.05, 3.63) is 54.4 Å². The van der Waals surface area contributed by atoms with E-state index in [4.69, 9.17) is 0 Å². The Balaban J connectivity index is 1.63. The molecule has 2 aliphatic rings. The molecule has 5 rings (SSSR count). The molecule has 25 heavy (non-hydrogen) atoms. The highest BCUT2D eigenvalue weighted by molar-refractivity contribution is 6.03. The number of carbonyl (C=O) groups is 1. The molecule has 0 unspecified atom stereocenters. The predicted octanol–water partition coefficient (Wildman–Crippen LogP) is 3.70. The Bertz CT molecular complexity index is 980. The van der Waals surface area contributed by atoms with Crippen molar-refractivity contribution in [2.75, 3.05) is 18.0 Å². The first-order valence-corrected chi connectivity index (χ1v) is 8.70. The van der Waals surface area contributed by atoms with Crippen LogP contribution in [-0.4, -0.2) is 29.1 Å². The number of nitrogens with one attached hydrogen (secondary N) is 1. The van der Waals surface area contributed by atoms with Gasteiger partial charge in [-0.15, -0.1) is 0 Å². The first-order valence-electron chi connectivity index (χ1n) is 8.70. The fraction of sp³-hybridized carbons (Fsp3) is 0.250. The summed E-state index contributed by atoms with van der Waals surface area (Å²) in [6.45, 7) is 1.30. The Morgan fingerprint density at radius 2 is 1.92 bits per heavy atom. The largest absolute Gasteiger partial charge is 0.336 e. The van der Waals surface area contributed by atoms with E-state index in [1.165, 1.54) is 18.4 Å². The van der Waals surface area contributed by atoms with E-state index in [-0.39, 0.29) is 6.03 Å². The molecule has 5 nitrogen and oxygen atoms in total. The smallest absolute Gasteiger partial charge is 0.323 e. The minimum Gasteiger partial charge on any atom is -0.336 e. The van der Waals surface area contributed by atoms with E-state index in [0.717, 1.165) is 22.0 Å². The van der Waals surface area contributed by atoms with Gasteiger partial charge in [-0.25, -0.2) is 9.78 Å². The first-order chi connectivity index (χ1) is 12.3. The topological polar surface area (TPSA) is 58.1 Å². The van der Waals surface area contributed by atoms with Crippen molar-refractivity contribution in [3.8, 4) is 11.3 Å². The molecule has 2 amide bonds. The summed E-state index contributed by atoms with van der Waals surface area (Å²) in [4.78, 5) is 22.8. The summed E-state index contributed by atoms with van der Waals surface area (Å²) >= 11 is 0. The molecule has 1 aliphatic heterocycles. The van der Waals surface area contributed by atoms with Crippen LogP contribution < -0.4 is 10.2 Å². The zero-order valence-electron chi connectivity index (χ0n) is 13.8. The average Bonchev–Trinajstić information content (AvgIpc) is 3.42. The number of anilines is 1. The van der Waals surface area contributed by atoms with Gasteiger partial charge in [-0.05, 0) is 54.0 Å². The molecule has 0 atom stereocenters. The predicted molar refractivity (Wildman–Crippen MR) is 97.7 cm³/mol. The number of rotatable bonds is 3. The van der Waals surface area contributed by atoms with Crippen LogP contribution >= 0.6 is 0 Å². The van der Waals surface area contributed by atoms with Crippen molar-refractivity contribution in [3.63, 3.8) is 0 Å². The molecule has 1 N–H and O–H groups in total. The third kappa shape index (κ3) is 2.52. The van der Waals surface area contributed by atoms with E-state index < -0.39 is 0 Å². The summed E-state index contributed by atoms with van der Waals surface area (Å²) in [5.41, 5.74) is 3.41. The highest BCUT2D eigenvalue weighted by Gasteiger charge is 2.25. The van der Waals surface area contributed by atoms with E-state index in [1.807, 2.05) is 12.3 Å². The molecule has 1 saturated carbocycles. The molecule has 0 bridgehead atoms. The normalized spacial score (nSPS) is 17.1. The molecular formula is C20H18N4O. The maximum Gasteiger partial charge on any atom is 0.323 e. The summed E-state index contributed by atoms with van der Waals surface area (Å²) in [6, 6.07) is 12.5. The Morgan fingerprint density at radius 3 is 2.72 bits per heavy atom. The maximum atomic E-state index is 12.1. The SMILES string of the molecule is O=C1NCCN1c1nccc2ccc(-c3cc(C4CC4)ccn3)cc12. The van der Waals surface area contributed by atoms with Crippen molar-refractivity contribution >= 4 is 22.6 Å². The van der Waals surface area contributed by atoms with Crippen molar-refractivity contribution < 1.29 is 4.79 Å².